The number of hydrogen-bond donors (Lipinski definition) is 0. The van der Waals surface area contributed by atoms with Crippen molar-refractivity contribution in [2.45, 2.75) is 26.9 Å². The van der Waals surface area contributed by atoms with Gasteiger partial charge in [-0.05, 0) is 54.3 Å². The fourth-order valence-electron chi connectivity index (χ4n) is 4.13. The molecule has 3 aromatic carbocycles. The lowest BCUT2D eigenvalue weighted by atomic mass is 9.98. The Labute approximate surface area is 186 Å². The fraction of sp³-hybridized carbons (Fsp3) is 0.192. The molecule has 0 radical (unpaired) electrons. The first kappa shape index (κ1) is 19.9. The number of ether oxygens (including phenoxy) is 2. The summed E-state index contributed by atoms with van der Waals surface area (Å²) in [5.74, 6) is 1.66. The van der Waals surface area contributed by atoms with E-state index in [-0.39, 0.29) is 5.78 Å². The SMILES string of the molecule is Cc1ccccc1/C=C1\Oc2c3c(cc(C)c2C1=O)OCN(Cc1ccccc1Cl)C3. The van der Waals surface area contributed by atoms with Crippen LogP contribution in [-0.4, -0.2) is 17.4 Å². The van der Waals surface area contributed by atoms with Gasteiger partial charge in [-0.1, -0.05) is 54.1 Å². The highest BCUT2D eigenvalue weighted by Gasteiger charge is 2.35. The van der Waals surface area contributed by atoms with E-state index in [0.29, 0.717) is 36.9 Å². The number of allylic oxidation sites excluding steroid dienone is 1. The van der Waals surface area contributed by atoms with Crippen LogP contribution in [0, 0.1) is 13.8 Å². The van der Waals surface area contributed by atoms with Gasteiger partial charge in [-0.25, -0.2) is 0 Å². The molecule has 2 heterocycles. The third-order valence-corrected chi connectivity index (χ3v) is 6.18. The standard InChI is InChI=1S/C26H22ClNO3/c1-16-7-3-4-8-18(16)12-23-25(29)24-17(2)11-22-20(26(24)31-23)14-28(15-30-22)13-19-9-5-6-10-21(19)27/h3-12H,13-15H2,1-2H3/b23-12-. The van der Waals surface area contributed by atoms with Crippen molar-refractivity contribution in [3.05, 3.63) is 98.8 Å². The van der Waals surface area contributed by atoms with Gasteiger partial charge in [-0.3, -0.25) is 9.69 Å². The summed E-state index contributed by atoms with van der Waals surface area (Å²) < 4.78 is 12.2. The van der Waals surface area contributed by atoms with Crippen LogP contribution in [0.25, 0.3) is 6.08 Å². The molecule has 2 aliphatic rings. The van der Waals surface area contributed by atoms with Gasteiger partial charge < -0.3 is 9.47 Å². The number of carbonyl (C=O) groups excluding carboxylic acids is 1. The van der Waals surface area contributed by atoms with Crippen molar-refractivity contribution in [2.24, 2.45) is 0 Å². The Balaban J connectivity index is 1.49. The third-order valence-electron chi connectivity index (χ3n) is 5.81. The van der Waals surface area contributed by atoms with Crippen LogP contribution in [0.5, 0.6) is 11.5 Å². The van der Waals surface area contributed by atoms with Gasteiger partial charge in [0.25, 0.3) is 0 Å². The zero-order valence-corrected chi connectivity index (χ0v) is 18.2. The maximum absolute atomic E-state index is 13.2. The quantitative estimate of drug-likeness (QED) is 0.482. The second-order valence-electron chi connectivity index (χ2n) is 8.02. The normalized spacial score (nSPS) is 16.6. The van der Waals surface area contributed by atoms with Gasteiger partial charge in [-0.2, -0.15) is 0 Å². The minimum absolute atomic E-state index is 0.0817. The summed E-state index contributed by atoms with van der Waals surface area (Å²) in [6, 6.07) is 17.7. The molecule has 0 saturated heterocycles. The van der Waals surface area contributed by atoms with Crippen LogP contribution in [0.2, 0.25) is 5.02 Å². The Kier molecular flexibility index (Phi) is 5.05. The molecule has 156 valence electrons. The van der Waals surface area contributed by atoms with Crippen molar-refractivity contribution in [3.8, 4) is 11.5 Å². The molecule has 0 atom stereocenters. The topological polar surface area (TPSA) is 38.8 Å². The molecule has 0 bridgehead atoms. The van der Waals surface area contributed by atoms with Crippen molar-refractivity contribution in [1.29, 1.82) is 0 Å². The van der Waals surface area contributed by atoms with E-state index in [9.17, 15) is 4.79 Å². The Morgan fingerprint density at radius 3 is 2.65 bits per heavy atom. The fourth-order valence-corrected chi connectivity index (χ4v) is 4.33. The van der Waals surface area contributed by atoms with Crippen LogP contribution < -0.4 is 9.47 Å². The molecule has 4 nitrogen and oxygen atoms in total. The summed E-state index contributed by atoms with van der Waals surface area (Å²) in [5.41, 5.74) is 5.50. The van der Waals surface area contributed by atoms with E-state index in [1.807, 2.05) is 74.5 Å². The van der Waals surface area contributed by atoms with E-state index in [0.717, 1.165) is 38.6 Å². The summed E-state index contributed by atoms with van der Waals surface area (Å²) >= 11 is 6.34. The molecule has 0 spiro atoms. The highest BCUT2D eigenvalue weighted by molar-refractivity contribution is 6.31. The highest BCUT2D eigenvalue weighted by Crippen LogP contribution is 2.44. The molecule has 0 fully saturated rings. The van der Waals surface area contributed by atoms with Crippen molar-refractivity contribution in [2.75, 3.05) is 6.73 Å². The molecule has 0 unspecified atom stereocenters. The molecule has 3 aromatic rings. The van der Waals surface area contributed by atoms with Crippen LogP contribution in [0.1, 0.15) is 38.2 Å². The largest absolute Gasteiger partial charge is 0.478 e. The van der Waals surface area contributed by atoms with Gasteiger partial charge in [0, 0.05) is 18.1 Å². The average Bonchev–Trinajstić information content (AvgIpc) is 3.09. The summed E-state index contributed by atoms with van der Waals surface area (Å²) in [5, 5.41) is 0.734. The van der Waals surface area contributed by atoms with E-state index < -0.39 is 0 Å². The Bertz CT molecular complexity index is 1230. The molecule has 0 aliphatic carbocycles. The van der Waals surface area contributed by atoms with E-state index in [1.165, 1.54) is 0 Å². The van der Waals surface area contributed by atoms with E-state index >= 15 is 0 Å². The second kappa shape index (κ2) is 7.88. The van der Waals surface area contributed by atoms with Gasteiger partial charge in [0.2, 0.25) is 5.78 Å². The summed E-state index contributed by atoms with van der Waals surface area (Å²) in [6.45, 7) is 5.68. The number of Topliss-reactive ketones (excluding diaryl/α,β-unsaturated/α-hetero) is 1. The van der Waals surface area contributed by atoms with Crippen LogP contribution in [0.4, 0.5) is 0 Å². The molecular weight excluding hydrogens is 410 g/mol. The van der Waals surface area contributed by atoms with Gasteiger partial charge in [0.05, 0.1) is 11.1 Å². The van der Waals surface area contributed by atoms with Gasteiger partial charge >= 0.3 is 0 Å². The molecule has 0 aromatic heterocycles. The predicted octanol–water partition coefficient (Wildman–Crippen LogP) is 5.93. The minimum atomic E-state index is -0.0817. The first-order valence-electron chi connectivity index (χ1n) is 10.3. The lowest BCUT2D eigenvalue weighted by molar-refractivity contribution is 0.0872. The van der Waals surface area contributed by atoms with Crippen molar-refractivity contribution >= 4 is 23.5 Å². The second-order valence-corrected chi connectivity index (χ2v) is 8.43. The summed E-state index contributed by atoms with van der Waals surface area (Å²) in [6.07, 6.45) is 1.83. The molecule has 5 heteroatoms. The van der Waals surface area contributed by atoms with Crippen LogP contribution >= 0.6 is 11.6 Å². The Hall–Kier alpha value is -3.08. The predicted molar refractivity (Wildman–Crippen MR) is 121 cm³/mol. The first-order valence-corrected chi connectivity index (χ1v) is 10.6. The lowest BCUT2D eigenvalue weighted by Crippen LogP contribution is -2.32. The molecule has 31 heavy (non-hydrogen) atoms. The lowest BCUT2D eigenvalue weighted by Gasteiger charge is -2.30. The maximum atomic E-state index is 13.2. The van der Waals surface area contributed by atoms with Crippen LogP contribution in [0.3, 0.4) is 0 Å². The first-order chi connectivity index (χ1) is 15.0. The molecule has 5 rings (SSSR count). The number of aryl methyl sites for hydroxylation is 2. The minimum Gasteiger partial charge on any atom is -0.478 e. The number of fused-ring (bicyclic) bond motifs is 3. The number of benzene rings is 3. The number of halogens is 1. The summed E-state index contributed by atoms with van der Waals surface area (Å²) in [4.78, 5) is 15.3. The Morgan fingerprint density at radius 2 is 1.84 bits per heavy atom. The smallest absolute Gasteiger partial charge is 0.232 e. The number of nitrogens with zero attached hydrogens (tertiary/aromatic N) is 1. The Morgan fingerprint density at radius 1 is 1.06 bits per heavy atom. The van der Waals surface area contributed by atoms with Crippen molar-refractivity contribution in [1.82, 2.24) is 4.90 Å². The van der Waals surface area contributed by atoms with Gasteiger partial charge in [0.1, 0.15) is 18.2 Å². The highest BCUT2D eigenvalue weighted by atomic mass is 35.5. The van der Waals surface area contributed by atoms with Crippen molar-refractivity contribution in [3.63, 3.8) is 0 Å². The van der Waals surface area contributed by atoms with Crippen molar-refractivity contribution < 1.29 is 14.3 Å². The molecule has 0 N–H and O–H groups in total. The van der Waals surface area contributed by atoms with Crippen LogP contribution in [0.15, 0.2) is 60.4 Å². The number of carbonyl (C=O) groups is 1. The van der Waals surface area contributed by atoms with Gasteiger partial charge in [0.15, 0.2) is 5.76 Å². The monoisotopic (exact) mass is 431 g/mol. The van der Waals surface area contributed by atoms with E-state index in [1.54, 1.807) is 0 Å². The maximum Gasteiger partial charge on any atom is 0.232 e. The van der Waals surface area contributed by atoms with Gasteiger partial charge in [-0.15, -0.1) is 0 Å². The zero-order valence-electron chi connectivity index (χ0n) is 17.4. The van der Waals surface area contributed by atoms with Crippen LogP contribution in [-0.2, 0) is 13.1 Å². The average molecular weight is 432 g/mol. The molecule has 2 aliphatic heterocycles. The third kappa shape index (κ3) is 3.62. The number of hydrogen-bond acceptors (Lipinski definition) is 4. The molecule has 0 saturated carbocycles. The molecular formula is C26H22ClNO3. The van der Waals surface area contributed by atoms with E-state index in [2.05, 4.69) is 4.90 Å². The number of ketones is 1. The number of rotatable bonds is 3. The zero-order chi connectivity index (χ0) is 21.5. The molecule has 0 amide bonds. The summed E-state index contributed by atoms with van der Waals surface area (Å²) in [7, 11) is 0. The van der Waals surface area contributed by atoms with E-state index in [4.69, 9.17) is 21.1 Å².